The Morgan fingerprint density at radius 2 is 1.97 bits per heavy atom. The number of furan rings is 1. The van der Waals surface area contributed by atoms with Gasteiger partial charge in [-0.1, -0.05) is 38.3 Å². The Hall–Kier alpha value is -3.33. The molecular formula is C24H33N3O6. The number of ether oxygens (including phenoxy) is 1. The Balaban J connectivity index is 1.90. The Morgan fingerprint density at radius 3 is 2.67 bits per heavy atom. The summed E-state index contributed by atoms with van der Waals surface area (Å²) in [5, 5.41) is 15.1. The van der Waals surface area contributed by atoms with E-state index in [-0.39, 0.29) is 37.4 Å². The van der Waals surface area contributed by atoms with Crippen molar-refractivity contribution in [1.29, 1.82) is 0 Å². The Bertz CT molecular complexity index is 911. The highest BCUT2D eigenvalue weighted by molar-refractivity contribution is 5.92. The third-order valence-corrected chi connectivity index (χ3v) is 4.89. The third-order valence-electron chi connectivity index (χ3n) is 4.89. The summed E-state index contributed by atoms with van der Waals surface area (Å²) in [6.07, 6.45) is 3.56. The molecule has 0 unspecified atom stereocenters. The monoisotopic (exact) mass is 459 g/mol. The van der Waals surface area contributed by atoms with E-state index in [9.17, 15) is 19.6 Å². The zero-order valence-electron chi connectivity index (χ0n) is 19.4. The van der Waals surface area contributed by atoms with E-state index in [1.54, 1.807) is 12.1 Å². The van der Waals surface area contributed by atoms with Gasteiger partial charge in [0.05, 0.1) is 25.2 Å². The van der Waals surface area contributed by atoms with E-state index in [0.717, 1.165) is 24.8 Å². The van der Waals surface area contributed by atoms with Gasteiger partial charge >= 0.3 is 0 Å². The van der Waals surface area contributed by atoms with Crippen molar-refractivity contribution in [3.8, 4) is 17.1 Å². The van der Waals surface area contributed by atoms with Crippen LogP contribution in [0.25, 0.3) is 11.3 Å². The number of nitrogens with one attached hydrogen (secondary N) is 2. The van der Waals surface area contributed by atoms with E-state index < -0.39 is 11.8 Å². The predicted octanol–water partition coefficient (Wildman–Crippen LogP) is 3.58. The summed E-state index contributed by atoms with van der Waals surface area (Å²) >= 11 is 0. The minimum atomic E-state index is -0.570. The van der Waals surface area contributed by atoms with Gasteiger partial charge in [0.1, 0.15) is 11.5 Å². The molecule has 0 bridgehead atoms. The van der Waals surface area contributed by atoms with Gasteiger partial charge in [-0.25, -0.2) is 5.06 Å². The van der Waals surface area contributed by atoms with Crippen molar-refractivity contribution in [2.45, 2.75) is 52.6 Å². The molecule has 2 rings (SSSR count). The fourth-order valence-electron chi connectivity index (χ4n) is 3.27. The number of hydrogen-bond acceptors (Lipinski definition) is 6. The molecule has 33 heavy (non-hydrogen) atoms. The molecule has 0 aliphatic carbocycles. The van der Waals surface area contributed by atoms with Crippen molar-refractivity contribution < 1.29 is 28.7 Å². The lowest BCUT2D eigenvalue weighted by Crippen LogP contribution is -2.42. The van der Waals surface area contributed by atoms with Crippen LogP contribution < -0.4 is 15.4 Å². The van der Waals surface area contributed by atoms with Gasteiger partial charge in [-0.15, -0.1) is 0 Å². The first kappa shape index (κ1) is 25.9. The molecule has 3 amide bonds. The van der Waals surface area contributed by atoms with E-state index >= 15 is 0 Å². The minimum Gasteiger partial charge on any atom is -0.491 e. The number of hydroxylamine groups is 2. The zero-order valence-corrected chi connectivity index (χ0v) is 19.4. The molecule has 0 spiro atoms. The standard InChI is InChI=1S/C24H33N3O6/c1-4-5-6-8-19(14-27(31)16-28)23(29)25-15-26-24(30)22-12-11-21(33-22)18-9-7-10-20(13-18)32-17(2)3/h7,9-13,16-17,19,31H,4-6,8,14-15H2,1-3H3,(H,25,29)(H,26,30)/t19-/m1/s1. The second-order valence-corrected chi connectivity index (χ2v) is 8.00. The second-order valence-electron chi connectivity index (χ2n) is 8.00. The van der Waals surface area contributed by atoms with E-state index in [1.807, 2.05) is 45.0 Å². The number of unbranched alkanes of at least 4 members (excludes halogenated alkanes) is 2. The van der Waals surface area contributed by atoms with Crippen LogP contribution in [0.2, 0.25) is 0 Å². The number of rotatable bonds is 14. The molecule has 1 heterocycles. The van der Waals surface area contributed by atoms with Gasteiger partial charge in [0.2, 0.25) is 12.3 Å². The number of benzene rings is 1. The molecule has 0 radical (unpaired) electrons. The molecule has 9 nitrogen and oxygen atoms in total. The van der Waals surface area contributed by atoms with Gasteiger partial charge in [0.25, 0.3) is 5.91 Å². The van der Waals surface area contributed by atoms with Crippen LogP contribution in [0.4, 0.5) is 0 Å². The number of carbonyl (C=O) groups excluding carboxylic acids is 3. The third kappa shape index (κ3) is 8.61. The maximum Gasteiger partial charge on any atom is 0.288 e. The zero-order chi connectivity index (χ0) is 24.2. The molecule has 0 saturated heterocycles. The van der Waals surface area contributed by atoms with Crippen LogP contribution in [-0.2, 0) is 9.59 Å². The lowest BCUT2D eigenvalue weighted by atomic mass is 10.0. The molecule has 3 N–H and O–H groups in total. The van der Waals surface area contributed by atoms with Gasteiger partial charge in [0, 0.05) is 5.56 Å². The van der Waals surface area contributed by atoms with Gasteiger partial charge in [-0.3, -0.25) is 19.6 Å². The largest absolute Gasteiger partial charge is 0.491 e. The molecule has 0 aliphatic rings. The molecule has 0 saturated carbocycles. The number of hydrogen-bond donors (Lipinski definition) is 3. The lowest BCUT2D eigenvalue weighted by molar-refractivity contribution is -0.154. The van der Waals surface area contributed by atoms with E-state index in [0.29, 0.717) is 23.0 Å². The SMILES string of the molecule is CCCCC[C@H](CN(O)C=O)C(=O)NCNC(=O)c1ccc(-c2cccc(OC(C)C)c2)o1. The fourth-order valence-corrected chi connectivity index (χ4v) is 3.27. The first-order valence-electron chi connectivity index (χ1n) is 11.2. The smallest absolute Gasteiger partial charge is 0.288 e. The van der Waals surface area contributed by atoms with Gasteiger partial charge in [-0.2, -0.15) is 0 Å². The molecule has 9 heteroatoms. The molecule has 180 valence electrons. The summed E-state index contributed by atoms with van der Waals surface area (Å²) in [6.45, 7) is 5.72. The number of carbonyl (C=O) groups is 3. The second kappa shape index (κ2) is 13.3. The highest BCUT2D eigenvalue weighted by atomic mass is 16.5. The van der Waals surface area contributed by atoms with E-state index in [1.165, 1.54) is 0 Å². The summed E-state index contributed by atoms with van der Waals surface area (Å²) in [4.78, 5) is 35.6. The Kier molecular flexibility index (Phi) is 10.4. The molecule has 1 aromatic carbocycles. The van der Waals surface area contributed by atoms with E-state index in [2.05, 4.69) is 10.6 Å². The molecule has 1 atom stereocenters. The van der Waals surface area contributed by atoms with Crippen molar-refractivity contribution in [2.24, 2.45) is 5.92 Å². The van der Waals surface area contributed by atoms with Crippen LogP contribution in [0, 0.1) is 5.92 Å². The Labute approximate surface area is 194 Å². The van der Waals surface area contributed by atoms with Gasteiger partial charge in [0.15, 0.2) is 5.76 Å². The topological polar surface area (TPSA) is 121 Å². The maximum atomic E-state index is 12.5. The van der Waals surface area contributed by atoms with Gasteiger partial charge < -0.3 is 19.8 Å². The van der Waals surface area contributed by atoms with Gasteiger partial charge in [-0.05, 0) is 44.5 Å². The van der Waals surface area contributed by atoms with Crippen LogP contribution in [0.5, 0.6) is 5.75 Å². The van der Waals surface area contributed by atoms with Crippen LogP contribution in [0.15, 0.2) is 40.8 Å². The normalized spacial score (nSPS) is 11.7. The molecule has 0 aliphatic heterocycles. The van der Waals surface area contributed by atoms with Crippen LogP contribution in [0.3, 0.4) is 0 Å². The van der Waals surface area contributed by atoms with Crippen LogP contribution in [-0.4, -0.2) is 47.8 Å². The van der Waals surface area contributed by atoms with Crippen LogP contribution in [0.1, 0.15) is 57.0 Å². The van der Waals surface area contributed by atoms with Crippen molar-refractivity contribution >= 4 is 18.2 Å². The summed E-state index contributed by atoms with van der Waals surface area (Å²) < 4.78 is 11.4. The first-order chi connectivity index (χ1) is 15.8. The van der Waals surface area contributed by atoms with Crippen molar-refractivity contribution in [1.82, 2.24) is 15.7 Å². The lowest BCUT2D eigenvalue weighted by Gasteiger charge is -2.19. The molecular weight excluding hydrogens is 426 g/mol. The summed E-state index contributed by atoms with van der Waals surface area (Å²) in [7, 11) is 0. The summed E-state index contributed by atoms with van der Waals surface area (Å²) in [6, 6.07) is 10.6. The summed E-state index contributed by atoms with van der Waals surface area (Å²) in [5.41, 5.74) is 0.777. The maximum absolute atomic E-state index is 12.5. The Morgan fingerprint density at radius 1 is 1.18 bits per heavy atom. The average molecular weight is 460 g/mol. The predicted molar refractivity (Wildman–Crippen MR) is 123 cm³/mol. The average Bonchev–Trinajstić information content (AvgIpc) is 3.28. The first-order valence-corrected chi connectivity index (χ1v) is 11.2. The van der Waals surface area contributed by atoms with Crippen molar-refractivity contribution in [3.05, 3.63) is 42.2 Å². The van der Waals surface area contributed by atoms with E-state index in [4.69, 9.17) is 9.15 Å². The minimum absolute atomic E-state index is 0.0403. The summed E-state index contributed by atoms with van der Waals surface area (Å²) in [5.74, 6) is -0.0660. The van der Waals surface area contributed by atoms with Crippen molar-refractivity contribution in [2.75, 3.05) is 13.2 Å². The molecule has 1 aromatic heterocycles. The van der Waals surface area contributed by atoms with Crippen molar-refractivity contribution in [3.63, 3.8) is 0 Å². The highest BCUT2D eigenvalue weighted by Gasteiger charge is 2.21. The fraction of sp³-hybridized carbons (Fsp3) is 0.458. The number of amides is 3. The van der Waals surface area contributed by atoms with Crippen LogP contribution >= 0.6 is 0 Å². The highest BCUT2D eigenvalue weighted by Crippen LogP contribution is 2.26. The quantitative estimate of drug-likeness (QED) is 0.131. The molecule has 0 fully saturated rings. The molecule has 2 aromatic rings. The number of nitrogens with zero attached hydrogens (tertiary/aromatic N) is 1.